The third kappa shape index (κ3) is 3.81. The van der Waals surface area contributed by atoms with Gasteiger partial charge in [0.1, 0.15) is 11.2 Å². The second-order valence-corrected chi connectivity index (χ2v) is 10.9. The van der Waals surface area contributed by atoms with Crippen molar-refractivity contribution in [2.75, 3.05) is 12.3 Å². The lowest BCUT2D eigenvalue weighted by atomic mass is 9.92. The van der Waals surface area contributed by atoms with Crippen LogP contribution in [-0.2, 0) is 16.9 Å². The number of H-pyrrole nitrogens is 2. The number of aryl methyl sites for hydroxylation is 1. The lowest BCUT2D eigenvalue weighted by Gasteiger charge is -2.15. The minimum Gasteiger partial charge on any atom is -0.361 e. The number of nitrogens with zero attached hydrogens (tertiary/aromatic N) is 1. The molecule has 0 spiro atoms. The lowest BCUT2D eigenvalue weighted by Crippen LogP contribution is -2.23. The number of benzene rings is 2. The molecular weight excluding hydrogens is 476 g/mol. The van der Waals surface area contributed by atoms with Crippen molar-refractivity contribution in [3.8, 4) is 22.3 Å². The smallest absolute Gasteiger partial charge is 0.274 e. The monoisotopic (exact) mass is 502 g/mol. The molecule has 184 valence electrons. The van der Waals surface area contributed by atoms with Crippen molar-refractivity contribution in [3.63, 3.8) is 0 Å². The van der Waals surface area contributed by atoms with Gasteiger partial charge in [0.25, 0.3) is 11.5 Å². The lowest BCUT2D eigenvalue weighted by molar-refractivity contribution is 0.0951. The summed E-state index contributed by atoms with van der Waals surface area (Å²) in [5.74, 6) is -0.355. The maximum absolute atomic E-state index is 13.0. The predicted octanol–water partition coefficient (Wildman–Crippen LogP) is 4.23. The topological polar surface area (TPSA) is 117 Å². The fourth-order valence-electron chi connectivity index (χ4n) is 4.58. The van der Waals surface area contributed by atoms with Gasteiger partial charge in [0.15, 0.2) is 9.84 Å². The Morgan fingerprint density at radius 1 is 0.972 bits per heavy atom. The van der Waals surface area contributed by atoms with Crippen LogP contribution in [0.15, 0.2) is 70.6 Å². The van der Waals surface area contributed by atoms with Crippen molar-refractivity contribution in [2.24, 2.45) is 7.05 Å². The molecule has 8 nitrogen and oxygen atoms in total. The van der Waals surface area contributed by atoms with Gasteiger partial charge < -0.3 is 19.9 Å². The molecule has 3 heterocycles. The van der Waals surface area contributed by atoms with Crippen LogP contribution in [0.25, 0.3) is 44.1 Å². The van der Waals surface area contributed by atoms with Gasteiger partial charge in [-0.2, -0.15) is 0 Å². The first-order valence-corrected chi connectivity index (χ1v) is 13.3. The molecule has 0 aliphatic carbocycles. The number of rotatable bonds is 6. The van der Waals surface area contributed by atoms with E-state index in [0.29, 0.717) is 23.1 Å². The van der Waals surface area contributed by atoms with Gasteiger partial charge in [-0.3, -0.25) is 9.59 Å². The second kappa shape index (κ2) is 8.83. The van der Waals surface area contributed by atoms with Crippen LogP contribution in [0.2, 0.25) is 0 Å². The van der Waals surface area contributed by atoms with Crippen molar-refractivity contribution in [3.05, 3.63) is 77.0 Å². The largest absolute Gasteiger partial charge is 0.361 e. The molecule has 9 heteroatoms. The van der Waals surface area contributed by atoms with Crippen molar-refractivity contribution in [1.82, 2.24) is 19.9 Å². The van der Waals surface area contributed by atoms with E-state index >= 15 is 0 Å². The van der Waals surface area contributed by atoms with E-state index < -0.39 is 9.84 Å². The van der Waals surface area contributed by atoms with E-state index in [-0.39, 0.29) is 33.3 Å². The Labute approximate surface area is 207 Å². The minimum absolute atomic E-state index is 0.0355. The summed E-state index contributed by atoms with van der Waals surface area (Å²) in [4.78, 5) is 32.0. The Bertz CT molecular complexity index is 1810. The second-order valence-electron chi connectivity index (χ2n) is 8.65. The minimum atomic E-state index is -3.49. The number of aromatic amines is 2. The Morgan fingerprint density at radius 3 is 2.53 bits per heavy atom. The molecule has 0 saturated heterocycles. The number of pyridine rings is 1. The number of sulfone groups is 1. The summed E-state index contributed by atoms with van der Waals surface area (Å²) in [6, 6.07) is 14.6. The fourth-order valence-corrected chi connectivity index (χ4v) is 5.48. The number of carbonyl (C=O) groups is 1. The number of hydrogen-bond acceptors (Lipinski definition) is 4. The van der Waals surface area contributed by atoms with E-state index in [1.54, 1.807) is 38.4 Å². The maximum Gasteiger partial charge on any atom is 0.274 e. The molecule has 1 amide bonds. The van der Waals surface area contributed by atoms with Gasteiger partial charge in [-0.15, -0.1) is 0 Å². The van der Waals surface area contributed by atoms with Crippen LogP contribution in [0.1, 0.15) is 24.3 Å². The van der Waals surface area contributed by atoms with Gasteiger partial charge in [0, 0.05) is 42.5 Å². The molecule has 5 rings (SSSR count). The molecular formula is C27H26N4O4S. The van der Waals surface area contributed by atoms with Crippen LogP contribution in [-0.4, -0.2) is 41.2 Å². The van der Waals surface area contributed by atoms with E-state index in [9.17, 15) is 18.0 Å². The molecule has 5 aromatic rings. The number of hydrogen-bond donors (Lipinski definition) is 3. The van der Waals surface area contributed by atoms with E-state index in [4.69, 9.17) is 0 Å². The first-order chi connectivity index (χ1) is 17.2. The molecule has 3 aromatic heterocycles. The highest BCUT2D eigenvalue weighted by atomic mass is 32.2. The zero-order valence-corrected chi connectivity index (χ0v) is 21.0. The molecule has 0 aliphatic heterocycles. The molecule has 0 radical (unpaired) electrons. The van der Waals surface area contributed by atoms with Gasteiger partial charge in [0.05, 0.1) is 16.2 Å². The molecule has 0 atom stereocenters. The summed E-state index contributed by atoms with van der Waals surface area (Å²) in [5, 5.41) is 4.31. The quantitative estimate of drug-likeness (QED) is 0.322. The van der Waals surface area contributed by atoms with E-state index in [1.165, 1.54) is 4.57 Å². The summed E-state index contributed by atoms with van der Waals surface area (Å²) in [7, 11) is -1.86. The number of amides is 1. The van der Waals surface area contributed by atoms with E-state index in [2.05, 4.69) is 15.3 Å². The maximum atomic E-state index is 13.0. The Kier molecular flexibility index (Phi) is 5.80. The molecule has 0 saturated carbocycles. The van der Waals surface area contributed by atoms with Crippen molar-refractivity contribution in [2.45, 2.75) is 18.7 Å². The predicted molar refractivity (Wildman–Crippen MR) is 142 cm³/mol. The molecule has 0 aliphatic rings. The number of nitrogens with one attached hydrogen (secondary N) is 3. The van der Waals surface area contributed by atoms with Crippen LogP contribution >= 0.6 is 0 Å². The fraction of sp³-hybridized carbons (Fsp3) is 0.185. The van der Waals surface area contributed by atoms with Gasteiger partial charge in [-0.05, 0) is 47.7 Å². The zero-order valence-electron chi connectivity index (χ0n) is 20.2. The molecule has 0 unspecified atom stereocenters. The van der Waals surface area contributed by atoms with Gasteiger partial charge in [0.2, 0.25) is 0 Å². The van der Waals surface area contributed by atoms with Gasteiger partial charge in [-0.25, -0.2) is 8.42 Å². The standard InChI is InChI=1S/C27H26N4O4S/c1-4-28-26(32)23-14-21-22(15-31(3)27(33)25(21)30-23)20-13-17(36(34,35)5-2)9-10-18(20)19-8-6-7-16-11-12-29-24(16)19/h6-15,29-30H,4-5H2,1-3H3,(H,28,32). The summed E-state index contributed by atoms with van der Waals surface area (Å²) >= 11 is 0. The average Bonchev–Trinajstić information content (AvgIpc) is 3.54. The Balaban J connectivity index is 1.87. The number of carbonyl (C=O) groups excluding carboxylic acids is 1. The number of aromatic nitrogens is 3. The highest BCUT2D eigenvalue weighted by Gasteiger charge is 2.21. The summed E-state index contributed by atoms with van der Waals surface area (Å²) in [6.45, 7) is 3.87. The van der Waals surface area contributed by atoms with E-state index in [0.717, 1.165) is 22.0 Å². The van der Waals surface area contributed by atoms with Crippen LogP contribution in [0.5, 0.6) is 0 Å². The SMILES string of the molecule is CCNC(=O)c1cc2c(-c3cc(S(=O)(=O)CC)ccc3-c3cccc4cc[nH]c34)cn(C)c(=O)c2[nH]1. The van der Waals surface area contributed by atoms with Crippen molar-refractivity contribution in [1.29, 1.82) is 0 Å². The first kappa shape index (κ1) is 23.6. The van der Waals surface area contributed by atoms with Crippen LogP contribution in [0, 0.1) is 0 Å². The normalized spacial score (nSPS) is 11.9. The van der Waals surface area contributed by atoms with E-state index in [1.807, 2.05) is 43.5 Å². The molecule has 2 aromatic carbocycles. The third-order valence-corrected chi connectivity index (χ3v) is 8.18. The van der Waals surface area contributed by atoms with Gasteiger partial charge >= 0.3 is 0 Å². The van der Waals surface area contributed by atoms with Crippen molar-refractivity contribution >= 4 is 37.6 Å². The summed E-state index contributed by atoms with van der Waals surface area (Å²) < 4.78 is 27.1. The third-order valence-electron chi connectivity index (χ3n) is 6.44. The zero-order chi connectivity index (χ0) is 25.6. The van der Waals surface area contributed by atoms with Gasteiger partial charge in [-0.1, -0.05) is 31.2 Å². The van der Waals surface area contributed by atoms with Crippen molar-refractivity contribution < 1.29 is 13.2 Å². The molecule has 0 bridgehead atoms. The first-order valence-electron chi connectivity index (χ1n) is 11.7. The Hall–Kier alpha value is -4.11. The molecule has 3 N–H and O–H groups in total. The highest BCUT2D eigenvalue weighted by Crippen LogP contribution is 2.39. The number of fused-ring (bicyclic) bond motifs is 2. The molecule has 36 heavy (non-hydrogen) atoms. The van der Waals surface area contributed by atoms with Crippen LogP contribution in [0.3, 0.4) is 0 Å². The molecule has 0 fully saturated rings. The number of para-hydroxylation sites is 1. The average molecular weight is 503 g/mol. The highest BCUT2D eigenvalue weighted by molar-refractivity contribution is 7.91. The Morgan fingerprint density at radius 2 is 1.78 bits per heavy atom. The van der Waals surface area contributed by atoms with Crippen LogP contribution in [0.4, 0.5) is 0 Å². The summed E-state index contributed by atoms with van der Waals surface area (Å²) in [6.07, 6.45) is 3.55. The summed E-state index contributed by atoms with van der Waals surface area (Å²) in [5.41, 5.74) is 4.18. The van der Waals surface area contributed by atoms with Crippen LogP contribution < -0.4 is 10.9 Å².